The molecule has 0 saturated heterocycles. The van der Waals surface area contributed by atoms with Gasteiger partial charge in [0.15, 0.2) is 0 Å². The largest absolute Gasteiger partial charge is 0.484 e. The second kappa shape index (κ2) is 15.3. The zero-order valence-corrected chi connectivity index (χ0v) is 33.0. The van der Waals surface area contributed by atoms with Gasteiger partial charge in [-0.3, -0.25) is 0 Å². The van der Waals surface area contributed by atoms with Gasteiger partial charge in [-0.1, -0.05) is 118 Å². The van der Waals surface area contributed by atoms with E-state index in [0.29, 0.717) is 0 Å². The monoisotopic (exact) mass is 718 g/mol. The van der Waals surface area contributed by atoms with Gasteiger partial charge in [0.05, 0.1) is 25.2 Å². The molecule has 13 heteroatoms. The van der Waals surface area contributed by atoms with Gasteiger partial charge in [-0.15, -0.1) is 0 Å². The Kier molecular flexibility index (Phi) is 14.2. The molecule has 0 bridgehead atoms. The van der Waals surface area contributed by atoms with Crippen LogP contribution in [0.5, 0.6) is 5.75 Å². The first kappa shape index (κ1) is 44.4. The van der Waals surface area contributed by atoms with Gasteiger partial charge in [0.1, 0.15) is 11.9 Å². The predicted molar refractivity (Wildman–Crippen MR) is 189 cm³/mol. The summed E-state index contributed by atoms with van der Waals surface area (Å²) in [4.78, 5) is 31.0. The predicted octanol–water partition coefficient (Wildman–Crippen LogP) is 6.77. The molecule has 0 spiro atoms. The van der Waals surface area contributed by atoms with Crippen molar-refractivity contribution in [2.45, 2.75) is 125 Å². The average molecular weight is 719 g/mol. The van der Waals surface area contributed by atoms with Crippen LogP contribution in [0, 0.1) is 19.3 Å². The first-order valence-electron chi connectivity index (χ1n) is 15.9. The lowest BCUT2D eigenvalue weighted by molar-refractivity contribution is -0.0761. The topological polar surface area (TPSA) is 194 Å². The van der Waals surface area contributed by atoms with Crippen LogP contribution in [0.25, 0.3) is 0 Å². The summed E-state index contributed by atoms with van der Waals surface area (Å²) in [6.45, 7) is 29.1. The second-order valence-electron chi connectivity index (χ2n) is 16.9. The van der Waals surface area contributed by atoms with Gasteiger partial charge in [-0.25, -0.2) is 9.13 Å². The van der Waals surface area contributed by atoms with Crippen LogP contribution in [0.2, 0.25) is 0 Å². The Morgan fingerprint density at radius 2 is 0.833 bits per heavy atom. The van der Waals surface area contributed by atoms with Crippen molar-refractivity contribution in [1.29, 1.82) is 0 Å². The summed E-state index contributed by atoms with van der Waals surface area (Å²) in [6, 6.07) is 8.76. The summed E-state index contributed by atoms with van der Waals surface area (Å²) in [5.41, 5.74) is 5.33. The molecule has 276 valence electrons. The number of rotatable bonds is 9. The van der Waals surface area contributed by atoms with E-state index in [1.54, 1.807) is 0 Å². The molecular weight excluding hydrogens is 658 g/mol. The summed E-state index contributed by atoms with van der Waals surface area (Å²) >= 11 is 0. The van der Waals surface area contributed by atoms with Crippen molar-refractivity contribution < 1.29 is 53.1 Å². The maximum absolute atomic E-state index is 10.8. The highest BCUT2D eigenvalue weighted by atomic mass is 31.3. The molecule has 1 unspecified atom stereocenters. The molecule has 0 aliphatic heterocycles. The minimum Gasteiger partial charge on any atom is -0.484 e. The third kappa shape index (κ3) is 12.0. The van der Waals surface area contributed by atoms with Gasteiger partial charge in [0.25, 0.3) is 0 Å². The first-order chi connectivity index (χ1) is 21.2. The zero-order chi connectivity index (χ0) is 38.1. The summed E-state index contributed by atoms with van der Waals surface area (Å²) < 4.78 is 29.5. The highest BCUT2D eigenvalue weighted by Gasteiger charge is 2.46. The Labute approximate surface area is 287 Å². The smallest absolute Gasteiger partial charge is 0.478 e. The maximum atomic E-state index is 10.8. The van der Waals surface area contributed by atoms with Crippen LogP contribution in [0.1, 0.15) is 128 Å². The molecule has 0 fully saturated rings. The Morgan fingerprint density at radius 3 is 1.04 bits per heavy atom. The molecule has 0 radical (unpaired) electrons. The van der Waals surface area contributed by atoms with Crippen molar-refractivity contribution in [3.05, 3.63) is 63.2 Å². The fourth-order valence-electron chi connectivity index (χ4n) is 5.48. The molecule has 0 heterocycles. The molecule has 2 aromatic carbocycles. The zero-order valence-electron chi connectivity index (χ0n) is 31.2. The first-order valence-corrected chi connectivity index (χ1v) is 18.9. The van der Waals surface area contributed by atoms with Crippen LogP contribution in [0.3, 0.4) is 0 Å². The molecule has 48 heavy (non-hydrogen) atoms. The van der Waals surface area contributed by atoms with E-state index in [9.17, 15) is 24.4 Å². The molecular formula is C35H60O11P2. The lowest BCUT2D eigenvalue weighted by Gasteiger charge is -2.43. The van der Waals surface area contributed by atoms with Crippen LogP contribution in [0.15, 0.2) is 24.3 Å². The number of ether oxygens (including phenoxy) is 1. The van der Waals surface area contributed by atoms with E-state index in [1.165, 1.54) is 0 Å². The molecule has 0 aliphatic rings. The van der Waals surface area contributed by atoms with Gasteiger partial charge in [-0.05, 0) is 46.6 Å². The van der Waals surface area contributed by atoms with Crippen molar-refractivity contribution >= 4 is 15.6 Å². The van der Waals surface area contributed by atoms with Gasteiger partial charge in [-0.2, -0.15) is 4.31 Å². The quantitative estimate of drug-likeness (QED) is 0.135. The number of aliphatic hydroxyl groups is 3. The molecule has 0 aliphatic carbocycles. The molecule has 0 aromatic heterocycles. The van der Waals surface area contributed by atoms with Crippen LogP contribution in [0.4, 0.5) is 0 Å². The number of hydrogen-bond acceptors (Lipinski definition) is 7. The van der Waals surface area contributed by atoms with Crippen molar-refractivity contribution in [3.8, 4) is 5.75 Å². The molecule has 2 aromatic rings. The van der Waals surface area contributed by atoms with Crippen LogP contribution in [-0.4, -0.2) is 54.7 Å². The number of aryl methyl sites for hydroxylation is 2. The Morgan fingerprint density at radius 1 is 0.562 bits per heavy atom. The fraction of sp³-hybridized carbons (Fsp3) is 0.657. The fourth-order valence-corrected chi connectivity index (χ4v) is 6.59. The van der Waals surface area contributed by atoms with E-state index in [2.05, 4.69) is 126 Å². The third-order valence-corrected chi connectivity index (χ3v) is 9.70. The standard InChI is InChI=1S/C35H56O4.H4O7P2/c1-22-15-24(31(3,4)5)28(25(16-22)32(6,7)8)30(35(19-36,20-37)21-38)39-29-26(33(9,10)11)17-23(2)18-27(29)34(12,13)14;1-8(2,3)7-9(4,5)6/h15-18,30,36-38H,19-21H2,1-14H3;(H2,1,2,3)(H2,4,5,6). The molecule has 2 rings (SSSR count). The highest BCUT2D eigenvalue weighted by Crippen LogP contribution is 2.54. The maximum Gasteiger partial charge on any atom is 0.478 e. The minimum absolute atomic E-state index is 0.223. The van der Waals surface area contributed by atoms with Gasteiger partial charge < -0.3 is 39.6 Å². The van der Waals surface area contributed by atoms with Gasteiger partial charge in [0, 0.05) is 16.7 Å². The van der Waals surface area contributed by atoms with Crippen LogP contribution < -0.4 is 4.74 Å². The van der Waals surface area contributed by atoms with Crippen molar-refractivity contribution in [2.75, 3.05) is 19.8 Å². The average Bonchev–Trinajstić information content (AvgIpc) is 2.85. The Bertz CT molecular complexity index is 1390. The summed E-state index contributed by atoms with van der Waals surface area (Å²) in [7, 11) is -10.1. The lowest BCUT2D eigenvalue weighted by atomic mass is 9.69. The minimum atomic E-state index is -5.05. The molecule has 7 N–H and O–H groups in total. The molecule has 11 nitrogen and oxygen atoms in total. The molecule has 1 atom stereocenters. The molecule has 0 amide bonds. The number of benzene rings is 2. The van der Waals surface area contributed by atoms with Crippen molar-refractivity contribution in [3.63, 3.8) is 0 Å². The van der Waals surface area contributed by atoms with Crippen LogP contribution >= 0.6 is 15.6 Å². The summed E-state index contributed by atoms with van der Waals surface area (Å²) in [5.74, 6) is 0.769. The van der Waals surface area contributed by atoms with E-state index < -0.39 is 47.0 Å². The summed E-state index contributed by atoms with van der Waals surface area (Å²) in [5, 5.41) is 32.5. The lowest BCUT2D eigenvalue weighted by Crippen LogP contribution is -2.45. The number of hydrogen-bond donors (Lipinski definition) is 7. The highest BCUT2D eigenvalue weighted by molar-refractivity contribution is 7.60. The SMILES string of the molecule is Cc1cc(C(C)(C)C)c(OC(c2c(C(C)(C)C)cc(C)cc2C(C)(C)C)C(CO)(CO)CO)c(C(C)(C)C)c1.O=P(O)(O)OP(=O)(O)O. The van der Waals surface area contributed by atoms with E-state index in [1.807, 2.05) is 0 Å². The van der Waals surface area contributed by atoms with E-state index >= 15 is 0 Å². The third-order valence-electron chi connectivity index (χ3n) is 8.00. The molecule has 0 saturated carbocycles. The van der Waals surface area contributed by atoms with E-state index in [-0.39, 0.29) is 21.7 Å². The van der Waals surface area contributed by atoms with Crippen molar-refractivity contribution in [1.82, 2.24) is 0 Å². The number of phosphoric acid groups is 2. The Hall–Kier alpha value is -1.62. The Balaban J connectivity index is 0.00000112. The van der Waals surface area contributed by atoms with Crippen LogP contribution in [-0.2, 0) is 35.1 Å². The van der Waals surface area contributed by atoms with Gasteiger partial charge >= 0.3 is 15.6 Å². The van der Waals surface area contributed by atoms with E-state index in [0.717, 1.165) is 44.7 Å². The van der Waals surface area contributed by atoms with Crippen molar-refractivity contribution in [2.24, 2.45) is 5.41 Å². The summed E-state index contributed by atoms with van der Waals surface area (Å²) in [6.07, 6.45) is -0.800. The van der Waals surface area contributed by atoms with Gasteiger partial charge in [0.2, 0.25) is 0 Å². The number of aliphatic hydroxyl groups excluding tert-OH is 3. The normalized spacial score (nSPS) is 14.4. The second-order valence-corrected chi connectivity index (χ2v) is 19.5. The van der Waals surface area contributed by atoms with E-state index in [4.69, 9.17) is 24.3 Å².